The summed E-state index contributed by atoms with van der Waals surface area (Å²) in [6, 6.07) is 15.4. The van der Waals surface area contributed by atoms with E-state index in [0.717, 1.165) is 24.4 Å². The minimum absolute atomic E-state index is 0.0306. The number of fused-ring (bicyclic) bond motifs is 1. The summed E-state index contributed by atoms with van der Waals surface area (Å²) in [7, 11) is 1.65. The van der Waals surface area contributed by atoms with E-state index in [1.807, 2.05) is 30.3 Å². The number of hydrogen-bond donors (Lipinski definition) is 1. The number of rotatable bonds is 7. The van der Waals surface area contributed by atoms with Gasteiger partial charge in [-0.05, 0) is 55.8 Å². The van der Waals surface area contributed by atoms with Crippen molar-refractivity contribution in [3.8, 4) is 5.75 Å². The van der Waals surface area contributed by atoms with E-state index in [0.29, 0.717) is 17.6 Å². The van der Waals surface area contributed by atoms with E-state index >= 15 is 0 Å². The first-order valence-corrected chi connectivity index (χ1v) is 10.2. The average Bonchev–Trinajstić information content (AvgIpc) is 3.31. The lowest BCUT2D eigenvalue weighted by Crippen LogP contribution is -2.39. The highest BCUT2D eigenvalue weighted by molar-refractivity contribution is 5.80. The SMILES string of the molecule is COc1ccc(C(CNC(=O)Cn2c(=O)cnc3ccccc32)N2CCCC2)cc1. The van der Waals surface area contributed by atoms with E-state index < -0.39 is 0 Å². The standard InChI is InChI=1S/C23H26N4O3/c1-30-18-10-8-17(9-11-18)21(26-12-4-5-13-26)14-25-22(28)16-27-20-7-3-2-6-19(20)24-15-23(27)29/h2-3,6-11,15,21H,4-5,12-14,16H2,1H3,(H,25,28). The van der Waals surface area contributed by atoms with Crippen LogP contribution < -0.4 is 15.6 Å². The number of methoxy groups -OCH3 is 1. The van der Waals surface area contributed by atoms with Crippen molar-refractivity contribution in [1.29, 1.82) is 0 Å². The third-order valence-corrected chi connectivity index (χ3v) is 5.63. The molecule has 1 aliphatic heterocycles. The lowest BCUT2D eigenvalue weighted by Gasteiger charge is -2.28. The number of carbonyl (C=O) groups excluding carboxylic acids is 1. The van der Waals surface area contributed by atoms with E-state index in [4.69, 9.17) is 4.74 Å². The normalized spacial score (nSPS) is 15.2. The van der Waals surface area contributed by atoms with Gasteiger partial charge in [-0.1, -0.05) is 24.3 Å². The first-order chi connectivity index (χ1) is 14.7. The van der Waals surface area contributed by atoms with Crippen LogP contribution >= 0.6 is 0 Å². The fraction of sp³-hybridized carbons (Fsp3) is 0.348. The fourth-order valence-electron chi connectivity index (χ4n) is 4.02. The number of nitrogens with zero attached hydrogens (tertiary/aromatic N) is 3. The molecule has 0 aliphatic carbocycles. The van der Waals surface area contributed by atoms with Crippen LogP contribution in [0.4, 0.5) is 0 Å². The highest BCUT2D eigenvalue weighted by atomic mass is 16.5. The Kier molecular flexibility index (Phi) is 6.09. The predicted molar refractivity (Wildman–Crippen MR) is 116 cm³/mol. The van der Waals surface area contributed by atoms with Gasteiger partial charge in [0, 0.05) is 6.54 Å². The van der Waals surface area contributed by atoms with Gasteiger partial charge < -0.3 is 10.1 Å². The Balaban J connectivity index is 1.49. The smallest absolute Gasteiger partial charge is 0.269 e. The summed E-state index contributed by atoms with van der Waals surface area (Å²) in [5.74, 6) is 0.623. The van der Waals surface area contributed by atoms with Crippen molar-refractivity contribution in [3.63, 3.8) is 0 Å². The Morgan fingerprint density at radius 2 is 1.87 bits per heavy atom. The molecule has 0 spiro atoms. The molecule has 1 atom stereocenters. The van der Waals surface area contributed by atoms with Crippen molar-refractivity contribution in [2.24, 2.45) is 0 Å². The second kappa shape index (κ2) is 9.09. The molecule has 2 aromatic carbocycles. The largest absolute Gasteiger partial charge is 0.497 e. The van der Waals surface area contributed by atoms with E-state index in [1.54, 1.807) is 13.2 Å². The van der Waals surface area contributed by atoms with Crippen molar-refractivity contribution in [2.75, 3.05) is 26.7 Å². The van der Waals surface area contributed by atoms with Gasteiger partial charge in [-0.25, -0.2) is 4.98 Å². The predicted octanol–water partition coefficient (Wildman–Crippen LogP) is 2.36. The fourth-order valence-corrected chi connectivity index (χ4v) is 4.02. The molecule has 1 N–H and O–H groups in total. The van der Waals surface area contributed by atoms with Gasteiger partial charge in [0.1, 0.15) is 12.3 Å². The van der Waals surface area contributed by atoms with Crippen molar-refractivity contribution >= 4 is 16.9 Å². The molecule has 1 fully saturated rings. The van der Waals surface area contributed by atoms with Gasteiger partial charge in [0.15, 0.2) is 0 Å². The maximum Gasteiger partial charge on any atom is 0.269 e. The quantitative estimate of drug-likeness (QED) is 0.652. The first-order valence-electron chi connectivity index (χ1n) is 10.2. The summed E-state index contributed by atoms with van der Waals surface area (Å²) in [6.07, 6.45) is 3.60. The molecule has 0 saturated carbocycles. The van der Waals surface area contributed by atoms with Crippen molar-refractivity contribution < 1.29 is 9.53 Å². The number of hydrogen-bond acceptors (Lipinski definition) is 5. The average molecular weight is 406 g/mol. The highest BCUT2D eigenvalue weighted by Gasteiger charge is 2.24. The van der Waals surface area contributed by atoms with Gasteiger partial charge in [0.2, 0.25) is 5.91 Å². The van der Waals surface area contributed by atoms with Crippen LogP contribution in [0.5, 0.6) is 5.75 Å². The Morgan fingerprint density at radius 1 is 1.13 bits per heavy atom. The third-order valence-electron chi connectivity index (χ3n) is 5.63. The number of aromatic nitrogens is 2. The monoisotopic (exact) mass is 406 g/mol. The Morgan fingerprint density at radius 3 is 2.60 bits per heavy atom. The zero-order valence-corrected chi connectivity index (χ0v) is 17.1. The van der Waals surface area contributed by atoms with E-state index in [2.05, 4.69) is 27.3 Å². The summed E-state index contributed by atoms with van der Waals surface area (Å²) in [6.45, 7) is 2.49. The summed E-state index contributed by atoms with van der Waals surface area (Å²) in [4.78, 5) is 31.6. The van der Waals surface area contributed by atoms with Crippen LogP contribution in [-0.2, 0) is 11.3 Å². The number of likely N-dealkylation sites (tertiary alicyclic amines) is 1. The zero-order chi connectivity index (χ0) is 20.9. The summed E-state index contributed by atoms with van der Waals surface area (Å²) >= 11 is 0. The lowest BCUT2D eigenvalue weighted by molar-refractivity contribution is -0.121. The molecular weight excluding hydrogens is 380 g/mol. The van der Waals surface area contributed by atoms with Crippen LogP contribution in [0.2, 0.25) is 0 Å². The van der Waals surface area contributed by atoms with Crippen LogP contribution in [0.1, 0.15) is 24.4 Å². The molecule has 0 radical (unpaired) electrons. The minimum atomic E-state index is -0.282. The maximum absolute atomic E-state index is 12.7. The molecule has 1 unspecified atom stereocenters. The van der Waals surface area contributed by atoms with Gasteiger partial charge in [-0.2, -0.15) is 0 Å². The van der Waals surface area contributed by atoms with Gasteiger partial charge in [0.25, 0.3) is 5.56 Å². The van der Waals surface area contributed by atoms with Gasteiger partial charge in [-0.15, -0.1) is 0 Å². The van der Waals surface area contributed by atoms with E-state index in [-0.39, 0.29) is 24.1 Å². The Bertz CT molecular complexity index is 1070. The molecule has 1 amide bonds. The molecule has 0 bridgehead atoms. The lowest BCUT2D eigenvalue weighted by atomic mass is 10.1. The topological polar surface area (TPSA) is 76.5 Å². The van der Waals surface area contributed by atoms with Crippen LogP contribution in [-0.4, -0.2) is 47.1 Å². The molecule has 3 aromatic rings. The molecule has 1 saturated heterocycles. The first kappa shape index (κ1) is 20.1. The van der Waals surface area contributed by atoms with Gasteiger partial charge >= 0.3 is 0 Å². The number of amides is 1. The molecule has 30 heavy (non-hydrogen) atoms. The molecule has 7 heteroatoms. The van der Waals surface area contributed by atoms with Crippen LogP contribution in [0.3, 0.4) is 0 Å². The van der Waals surface area contributed by atoms with Crippen molar-refractivity contribution in [3.05, 3.63) is 70.6 Å². The molecule has 2 heterocycles. The van der Waals surface area contributed by atoms with E-state index in [1.165, 1.54) is 23.6 Å². The third kappa shape index (κ3) is 4.36. The molecule has 156 valence electrons. The zero-order valence-electron chi connectivity index (χ0n) is 17.1. The summed E-state index contributed by atoms with van der Waals surface area (Å²) < 4.78 is 6.73. The molecular formula is C23H26N4O3. The number of para-hydroxylation sites is 2. The summed E-state index contributed by atoms with van der Waals surface area (Å²) in [5, 5.41) is 3.04. The van der Waals surface area contributed by atoms with Crippen LogP contribution in [0.25, 0.3) is 11.0 Å². The molecule has 1 aromatic heterocycles. The van der Waals surface area contributed by atoms with Crippen LogP contribution in [0, 0.1) is 0 Å². The Labute approximate surface area is 175 Å². The summed E-state index contributed by atoms with van der Waals surface area (Å²) in [5.41, 5.74) is 2.21. The number of nitrogens with one attached hydrogen (secondary N) is 1. The number of ether oxygens (including phenoxy) is 1. The Hall–Kier alpha value is -3.19. The van der Waals surface area contributed by atoms with Crippen molar-refractivity contribution in [2.45, 2.75) is 25.4 Å². The molecule has 1 aliphatic rings. The van der Waals surface area contributed by atoms with Gasteiger partial charge in [-0.3, -0.25) is 19.1 Å². The maximum atomic E-state index is 12.7. The molecule has 4 rings (SSSR count). The number of carbonyl (C=O) groups is 1. The van der Waals surface area contributed by atoms with Crippen molar-refractivity contribution in [1.82, 2.24) is 19.8 Å². The van der Waals surface area contributed by atoms with E-state index in [9.17, 15) is 9.59 Å². The van der Waals surface area contributed by atoms with Crippen LogP contribution in [0.15, 0.2) is 59.5 Å². The second-order valence-electron chi connectivity index (χ2n) is 7.51. The van der Waals surface area contributed by atoms with Gasteiger partial charge in [0.05, 0.1) is 30.4 Å². The minimum Gasteiger partial charge on any atom is -0.497 e. The molecule has 7 nitrogen and oxygen atoms in total. The second-order valence-corrected chi connectivity index (χ2v) is 7.51. The highest BCUT2D eigenvalue weighted by Crippen LogP contribution is 2.26. The number of benzene rings is 2.